The first-order valence-corrected chi connectivity index (χ1v) is 6.57. The number of aromatic nitrogens is 2. The number of benzene rings is 1. The maximum atomic E-state index is 10.6. The van der Waals surface area contributed by atoms with E-state index in [4.69, 9.17) is 0 Å². The van der Waals surface area contributed by atoms with Crippen LogP contribution in [0.25, 0.3) is 11.4 Å². The average molecular weight is 370 g/mol. The van der Waals surface area contributed by atoms with Gasteiger partial charge in [-0.25, -0.2) is 9.97 Å². The van der Waals surface area contributed by atoms with Gasteiger partial charge in [-0.1, -0.05) is 0 Å². The minimum atomic E-state index is -0.428. The Morgan fingerprint density at radius 3 is 2.42 bits per heavy atom. The zero-order chi connectivity index (χ0) is 14.0. The molecule has 0 saturated carbocycles. The number of aryl methyl sites for hydroxylation is 1. The number of nitro benzene ring substituents is 1. The molecule has 1 aromatic heterocycles. The molecule has 1 N–H and O–H groups in total. The molecule has 0 aliphatic rings. The molecule has 98 valence electrons. The van der Waals surface area contributed by atoms with Crippen molar-refractivity contribution in [2.24, 2.45) is 0 Å². The summed E-state index contributed by atoms with van der Waals surface area (Å²) < 4.78 is 0.964. The lowest BCUT2D eigenvalue weighted by molar-refractivity contribution is -0.384. The fourth-order valence-corrected chi connectivity index (χ4v) is 2.10. The second-order valence-electron chi connectivity index (χ2n) is 3.85. The molecular formula is C12H11IN4O2. The van der Waals surface area contributed by atoms with E-state index in [2.05, 4.69) is 37.9 Å². The summed E-state index contributed by atoms with van der Waals surface area (Å²) in [6, 6.07) is 6.20. The molecule has 0 unspecified atom stereocenters. The lowest BCUT2D eigenvalue weighted by Gasteiger charge is -2.08. The van der Waals surface area contributed by atoms with Gasteiger partial charge in [-0.2, -0.15) is 0 Å². The third kappa shape index (κ3) is 2.80. The van der Waals surface area contributed by atoms with Gasteiger partial charge in [-0.3, -0.25) is 10.1 Å². The minimum Gasteiger partial charge on any atom is -0.372 e. The van der Waals surface area contributed by atoms with Crippen LogP contribution in [0.15, 0.2) is 24.3 Å². The second-order valence-corrected chi connectivity index (χ2v) is 4.93. The molecule has 2 rings (SSSR count). The first kappa shape index (κ1) is 13.7. The summed E-state index contributed by atoms with van der Waals surface area (Å²) in [5.41, 5.74) is 1.68. The molecule has 0 saturated heterocycles. The minimum absolute atomic E-state index is 0.0554. The van der Waals surface area contributed by atoms with Crippen molar-refractivity contribution < 1.29 is 4.92 Å². The summed E-state index contributed by atoms with van der Waals surface area (Å²) in [5, 5.41) is 13.6. The molecule has 0 fully saturated rings. The second kappa shape index (κ2) is 5.47. The number of nitro groups is 1. The highest BCUT2D eigenvalue weighted by atomic mass is 127. The topological polar surface area (TPSA) is 81.0 Å². The summed E-state index contributed by atoms with van der Waals surface area (Å²) >= 11 is 2.18. The highest BCUT2D eigenvalue weighted by Gasteiger charge is 2.11. The number of non-ortho nitro benzene ring substituents is 1. The molecule has 2 aromatic rings. The Morgan fingerprint density at radius 2 is 1.89 bits per heavy atom. The zero-order valence-electron chi connectivity index (χ0n) is 10.3. The first-order valence-electron chi connectivity index (χ1n) is 5.49. The predicted octanol–water partition coefficient (Wildman–Crippen LogP) is 3.01. The Bertz CT molecular complexity index is 628. The molecule has 7 heteroatoms. The van der Waals surface area contributed by atoms with Crippen LogP contribution in [0.4, 0.5) is 11.5 Å². The monoisotopic (exact) mass is 370 g/mol. The summed E-state index contributed by atoms with van der Waals surface area (Å²) in [7, 11) is 1.80. The van der Waals surface area contributed by atoms with Gasteiger partial charge >= 0.3 is 0 Å². The van der Waals surface area contributed by atoms with Crippen molar-refractivity contribution in [3.63, 3.8) is 0 Å². The van der Waals surface area contributed by atoms with Crippen molar-refractivity contribution in [3.05, 3.63) is 43.6 Å². The summed E-state index contributed by atoms with van der Waals surface area (Å²) in [4.78, 5) is 19.0. The molecule has 1 heterocycles. The van der Waals surface area contributed by atoms with E-state index < -0.39 is 4.92 Å². The van der Waals surface area contributed by atoms with Gasteiger partial charge in [-0.15, -0.1) is 0 Å². The van der Waals surface area contributed by atoms with Gasteiger partial charge in [0, 0.05) is 24.7 Å². The van der Waals surface area contributed by atoms with Gasteiger partial charge in [0.2, 0.25) is 0 Å². The number of nitrogens with one attached hydrogen (secondary N) is 1. The van der Waals surface area contributed by atoms with Crippen LogP contribution in [-0.4, -0.2) is 21.9 Å². The van der Waals surface area contributed by atoms with E-state index in [1.165, 1.54) is 12.1 Å². The van der Waals surface area contributed by atoms with E-state index in [0.29, 0.717) is 5.82 Å². The Morgan fingerprint density at radius 1 is 1.26 bits per heavy atom. The van der Waals surface area contributed by atoms with E-state index in [1.54, 1.807) is 19.2 Å². The number of nitrogens with zero attached hydrogens (tertiary/aromatic N) is 3. The Hall–Kier alpha value is -1.77. The molecule has 0 amide bonds. The van der Waals surface area contributed by atoms with Crippen molar-refractivity contribution in [3.8, 4) is 11.4 Å². The zero-order valence-corrected chi connectivity index (χ0v) is 12.5. The van der Waals surface area contributed by atoms with Gasteiger partial charge in [0.15, 0.2) is 5.82 Å². The van der Waals surface area contributed by atoms with E-state index in [0.717, 1.165) is 20.6 Å². The standard InChI is InChI=1S/C12H11IN4O2/c1-7-10(13)12(14-2)16-11(15-7)8-3-5-9(6-4-8)17(18)19/h3-6H,1-2H3,(H,14,15,16). The molecule has 0 aliphatic heterocycles. The first-order chi connectivity index (χ1) is 9.02. The molecule has 0 bridgehead atoms. The predicted molar refractivity (Wildman–Crippen MR) is 81.1 cm³/mol. The Kier molecular flexibility index (Phi) is 3.93. The molecular weight excluding hydrogens is 359 g/mol. The van der Waals surface area contributed by atoms with Crippen LogP contribution in [-0.2, 0) is 0 Å². The Labute approximate surface area is 123 Å². The molecule has 0 spiro atoms. The van der Waals surface area contributed by atoms with Gasteiger partial charge in [0.1, 0.15) is 5.82 Å². The van der Waals surface area contributed by atoms with Gasteiger partial charge in [0.25, 0.3) is 5.69 Å². The van der Waals surface area contributed by atoms with Crippen molar-refractivity contribution in [2.75, 3.05) is 12.4 Å². The van der Waals surface area contributed by atoms with Crippen LogP contribution in [0.1, 0.15) is 5.69 Å². The lowest BCUT2D eigenvalue weighted by Crippen LogP contribution is -2.02. The van der Waals surface area contributed by atoms with Crippen molar-refractivity contribution in [1.29, 1.82) is 0 Å². The smallest absolute Gasteiger partial charge is 0.269 e. The fourth-order valence-electron chi connectivity index (χ4n) is 1.59. The van der Waals surface area contributed by atoms with E-state index >= 15 is 0 Å². The molecule has 0 aliphatic carbocycles. The maximum absolute atomic E-state index is 10.6. The summed E-state index contributed by atoms with van der Waals surface area (Å²) in [5.74, 6) is 1.30. The van der Waals surface area contributed by atoms with Crippen LogP contribution in [0, 0.1) is 20.6 Å². The van der Waals surface area contributed by atoms with Crippen LogP contribution in [0.2, 0.25) is 0 Å². The SMILES string of the molecule is CNc1nc(-c2ccc([N+](=O)[O-])cc2)nc(C)c1I. The van der Waals surface area contributed by atoms with E-state index in [1.807, 2.05) is 6.92 Å². The molecule has 6 nitrogen and oxygen atoms in total. The number of rotatable bonds is 3. The van der Waals surface area contributed by atoms with Crippen LogP contribution in [0.3, 0.4) is 0 Å². The van der Waals surface area contributed by atoms with E-state index in [9.17, 15) is 10.1 Å². The highest BCUT2D eigenvalue weighted by Crippen LogP contribution is 2.24. The number of halogens is 1. The summed E-state index contributed by atoms with van der Waals surface area (Å²) in [6.45, 7) is 1.90. The van der Waals surface area contributed by atoms with Crippen molar-refractivity contribution in [2.45, 2.75) is 6.92 Å². The molecule has 0 atom stereocenters. The molecule has 1 aromatic carbocycles. The van der Waals surface area contributed by atoms with Gasteiger partial charge in [-0.05, 0) is 41.6 Å². The van der Waals surface area contributed by atoms with Gasteiger partial charge in [0.05, 0.1) is 14.2 Å². The Balaban J connectivity index is 2.47. The van der Waals surface area contributed by atoms with Crippen LogP contribution >= 0.6 is 22.6 Å². The largest absolute Gasteiger partial charge is 0.372 e. The fraction of sp³-hybridized carbons (Fsp3) is 0.167. The quantitative estimate of drug-likeness (QED) is 0.510. The lowest BCUT2D eigenvalue weighted by atomic mass is 10.2. The maximum Gasteiger partial charge on any atom is 0.269 e. The van der Waals surface area contributed by atoms with Crippen molar-refractivity contribution in [1.82, 2.24) is 9.97 Å². The average Bonchev–Trinajstić information content (AvgIpc) is 2.41. The number of hydrogen-bond acceptors (Lipinski definition) is 5. The normalized spacial score (nSPS) is 10.3. The van der Waals surface area contributed by atoms with E-state index in [-0.39, 0.29) is 5.69 Å². The highest BCUT2D eigenvalue weighted by molar-refractivity contribution is 14.1. The number of anilines is 1. The third-order valence-corrected chi connectivity index (χ3v) is 3.88. The third-order valence-electron chi connectivity index (χ3n) is 2.59. The molecule has 19 heavy (non-hydrogen) atoms. The number of hydrogen-bond donors (Lipinski definition) is 1. The van der Waals surface area contributed by atoms with Gasteiger partial charge < -0.3 is 5.32 Å². The summed E-state index contributed by atoms with van der Waals surface area (Å²) in [6.07, 6.45) is 0. The van der Waals surface area contributed by atoms with Crippen molar-refractivity contribution >= 4 is 34.1 Å². The molecule has 0 radical (unpaired) electrons. The van der Waals surface area contributed by atoms with Crippen LogP contribution in [0.5, 0.6) is 0 Å². The van der Waals surface area contributed by atoms with Crippen LogP contribution < -0.4 is 5.32 Å².